The van der Waals surface area contributed by atoms with Gasteiger partial charge in [-0.25, -0.2) is 9.59 Å². The number of hydrogen-bond acceptors (Lipinski definition) is 5. The minimum absolute atomic E-state index is 0.213. The van der Waals surface area contributed by atoms with Crippen molar-refractivity contribution in [3.8, 4) is 0 Å². The maximum absolute atomic E-state index is 11.9. The number of nitrogens with zero attached hydrogens (tertiary/aromatic N) is 1. The topological polar surface area (TPSA) is 76.1 Å². The van der Waals surface area contributed by atoms with Gasteiger partial charge in [0.15, 0.2) is 6.04 Å². The molecular formula is C12H21NO5. The van der Waals surface area contributed by atoms with Crippen molar-refractivity contribution in [3.05, 3.63) is 0 Å². The van der Waals surface area contributed by atoms with Crippen LogP contribution in [0.5, 0.6) is 0 Å². The molecule has 1 aliphatic heterocycles. The number of carbonyl (C=O) groups is 2. The highest BCUT2D eigenvalue weighted by Crippen LogP contribution is 2.22. The third kappa shape index (κ3) is 3.60. The zero-order valence-corrected chi connectivity index (χ0v) is 11.3. The maximum atomic E-state index is 11.9. The van der Waals surface area contributed by atoms with E-state index in [1.165, 1.54) is 4.90 Å². The largest absolute Gasteiger partial charge is 0.464 e. The van der Waals surface area contributed by atoms with Crippen molar-refractivity contribution in [1.82, 2.24) is 4.90 Å². The number of rotatable bonds is 2. The SMILES string of the molecule is CCOC(=O)[C@@H]1[C@@H](O)CCN1C(=O)OC(C)(C)C. The maximum Gasteiger partial charge on any atom is 0.411 e. The third-order valence-electron chi connectivity index (χ3n) is 2.52. The Balaban J connectivity index is 2.74. The molecule has 6 heteroatoms. The number of aliphatic hydroxyl groups excluding tert-OH is 1. The molecule has 1 N–H and O–H groups in total. The number of carbonyl (C=O) groups excluding carboxylic acids is 2. The number of hydrogen-bond donors (Lipinski definition) is 1. The fourth-order valence-electron chi connectivity index (χ4n) is 1.81. The fraction of sp³-hybridized carbons (Fsp3) is 0.833. The van der Waals surface area contributed by atoms with Crippen LogP contribution >= 0.6 is 0 Å². The van der Waals surface area contributed by atoms with Crippen LogP contribution in [0.2, 0.25) is 0 Å². The zero-order valence-electron chi connectivity index (χ0n) is 11.3. The van der Waals surface area contributed by atoms with E-state index in [0.29, 0.717) is 13.0 Å². The second kappa shape index (κ2) is 5.56. The lowest BCUT2D eigenvalue weighted by atomic mass is 10.2. The summed E-state index contributed by atoms with van der Waals surface area (Å²) in [7, 11) is 0. The van der Waals surface area contributed by atoms with Crippen LogP contribution in [0.4, 0.5) is 4.79 Å². The molecule has 1 rings (SSSR count). The predicted molar refractivity (Wildman–Crippen MR) is 64.0 cm³/mol. The van der Waals surface area contributed by atoms with Crippen molar-refractivity contribution in [3.63, 3.8) is 0 Å². The second-order valence-corrected chi connectivity index (χ2v) is 5.23. The van der Waals surface area contributed by atoms with Crippen LogP contribution in [0.1, 0.15) is 34.1 Å². The highest BCUT2D eigenvalue weighted by atomic mass is 16.6. The number of ether oxygens (including phenoxy) is 2. The van der Waals surface area contributed by atoms with Gasteiger partial charge in [0.25, 0.3) is 0 Å². The number of esters is 1. The lowest BCUT2D eigenvalue weighted by Crippen LogP contribution is -2.47. The molecule has 2 atom stereocenters. The van der Waals surface area contributed by atoms with E-state index in [0.717, 1.165) is 0 Å². The van der Waals surface area contributed by atoms with Crippen molar-refractivity contribution in [2.24, 2.45) is 0 Å². The van der Waals surface area contributed by atoms with Crippen LogP contribution in [-0.4, -0.2) is 53.0 Å². The lowest BCUT2D eigenvalue weighted by molar-refractivity contribution is -0.151. The Kier molecular flexibility index (Phi) is 4.56. The first kappa shape index (κ1) is 14.8. The summed E-state index contributed by atoms with van der Waals surface area (Å²) < 4.78 is 10.1. The zero-order chi connectivity index (χ0) is 13.9. The molecular weight excluding hydrogens is 238 g/mol. The summed E-state index contributed by atoms with van der Waals surface area (Å²) in [4.78, 5) is 24.8. The van der Waals surface area contributed by atoms with E-state index < -0.39 is 29.8 Å². The molecule has 0 unspecified atom stereocenters. The minimum atomic E-state index is -0.959. The molecule has 0 saturated carbocycles. The normalized spacial score (nSPS) is 23.9. The molecule has 1 heterocycles. The molecule has 1 amide bonds. The highest BCUT2D eigenvalue weighted by Gasteiger charge is 2.43. The summed E-state index contributed by atoms with van der Waals surface area (Å²) >= 11 is 0. The first-order chi connectivity index (χ1) is 8.26. The lowest BCUT2D eigenvalue weighted by Gasteiger charge is -2.28. The van der Waals surface area contributed by atoms with Gasteiger partial charge >= 0.3 is 12.1 Å². The predicted octanol–water partition coefficient (Wildman–Crippen LogP) is 0.920. The molecule has 0 radical (unpaired) electrons. The molecule has 0 spiro atoms. The summed E-state index contributed by atoms with van der Waals surface area (Å²) in [6.45, 7) is 7.42. The van der Waals surface area contributed by atoms with Crippen LogP contribution in [0.15, 0.2) is 0 Å². The van der Waals surface area contributed by atoms with Gasteiger partial charge in [-0.1, -0.05) is 0 Å². The molecule has 0 aliphatic carbocycles. The first-order valence-corrected chi connectivity index (χ1v) is 6.10. The molecule has 0 aromatic rings. The van der Waals surface area contributed by atoms with Crippen molar-refractivity contribution in [1.29, 1.82) is 0 Å². The van der Waals surface area contributed by atoms with Crippen molar-refractivity contribution in [2.45, 2.75) is 51.9 Å². The van der Waals surface area contributed by atoms with E-state index in [1.807, 2.05) is 0 Å². The molecule has 18 heavy (non-hydrogen) atoms. The molecule has 6 nitrogen and oxygen atoms in total. The summed E-state index contributed by atoms with van der Waals surface area (Å²) in [5, 5.41) is 9.75. The summed E-state index contributed by atoms with van der Waals surface area (Å²) in [5.74, 6) is -0.589. The molecule has 1 fully saturated rings. The van der Waals surface area contributed by atoms with Crippen molar-refractivity contribution < 1.29 is 24.2 Å². The van der Waals surface area contributed by atoms with Gasteiger partial charge < -0.3 is 14.6 Å². The Morgan fingerprint density at radius 3 is 2.50 bits per heavy atom. The molecule has 1 aliphatic rings. The van der Waals surface area contributed by atoms with Gasteiger partial charge in [0.05, 0.1) is 12.7 Å². The molecule has 0 aromatic heterocycles. The van der Waals surface area contributed by atoms with Crippen LogP contribution in [0.3, 0.4) is 0 Å². The Morgan fingerprint density at radius 1 is 1.39 bits per heavy atom. The average molecular weight is 259 g/mol. The van der Waals surface area contributed by atoms with Gasteiger partial charge in [-0.2, -0.15) is 0 Å². The van der Waals surface area contributed by atoms with Crippen molar-refractivity contribution >= 4 is 12.1 Å². The van der Waals surface area contributed by atoms with Crippen LogP contribution in [0, 0.1) is 0 Å². The molecule has 0 aromatic carbocycles. The second-order valence-electron chi connectivity index (χ2n) is 5.23. The number of aliphatic hydroxyl groups is 1. The minimum Gasteiger partial charge on any atom is -0.464 e. The van der Waals surface area contributed by atoms with E-state index in [2.05, 4.69) is 0 Å². The van der Waals surface area contributed by atoms with E-state index in [4.69, 9.17) is 9.47 Å². The number of likely N-dealkylation sites (tertiary alicyclic amines) is 1. The Morgan fingerprint density at radius 2 is 2.00 bits per heavy atom. The monoisotopic (exact) mass is 259 g/mol. The highest BCUT2D eigenvalue weighted by molar-refractivity contribution is 5.83. The van der Waals surface area contributed by atoms with Gasteiger partial charge in [0, 0.05) is 6.54 Å². The molecule has 1 saturated heterocycles. The van der Waals surface area contributed by atoms with Gasteiger partial charge in [-0.3, -0.25) is 4.90 Å². The van der Waals surface area contributed by atoms with Gasteiger partial charge in [-0.15, -0.1) is 0 Å². The smallest absolute Gasteiger partial charge is 0.411 e. The Bertz CT molecular complexity index is 323. The Labute approximate surface area is 107 Å². The Hall–Kier alpha value is -1.30. The van der Waals surface area contributed by atoms with E-state index in [-0.39, 0.29) is 6.61 Å². The summed E-state index contributed by atoms with van der Waals surface area (Å²) in [6.07, 6.45) is -1.14. The van der Waals surface area contributed by atoms with Crippen LogP contribution < -0.4 is 0 Å². The van der Waals surface area contributed by atoms with E-state index in [1.54, 1.807) is 27.7 Å². The van der Waals surface area contributed by atoms with Gasteiger partial charge in [-0.05, 0) is 34.1 Å². The van der Waals surface area contributed by atoms with Gasteiger partial charge in [0.2, 0.25) is 0 Å². The van der Waals surface area contributed by atoms with Crippen molar-refractivity contribution in [2.75, 3.05) is 13.2 Å². The molecule has 104 valence electrons. The summed E-state index contributed by atoms with van der Waals surface area (Å²) in [5.41, 5.74) is -0.635. The van der Waals surface area contributed by atoms with Gasteiger partial charge in [0.1, 0.15) is 5.60 Å². The average Bonchev–Trinajstić information content (AvgIpc) is 2.58. The first-order valence-electron chi connectivity index (χ1n) is 6.10. The summed E-state index contributed by atoms with van der Waals surface area (Å²) in [6, 6.07) is -0.959. The van der Waals surface area contributed by atoms with E-state index >= 15 is 0 Å². The van der Waals surface area contributed by atoms with Crippen LogP contribution in [0.25, 0.3) is 0 Å². The van der Waals surface area contributed by atoms with E-state index in [9.17, 15) is 14.7 Å². The standard InChI is InChI=1S/C12H21NO5/c1-5-17-10(15)9-8(14)6-7-13(9)11(16)18-12(2,3)4/h8-9,14H,5-7H2,1-4H3/t8-,9-/m0/s1. The third-order valence-corrected chi connectivity index (χ3v) is 2.52. The van der Waals surface area contributed by atoms with Crippen LogP contribution in [-0.2, 0) is 14.3 Å². The fourth-order valence-corrected chi connectivity index (χ4v) is 1.81. The molecule has 0 bridgehead atoms. The number of amides is 1. The quantitative estimate of drug-likeness (QED) is 0.746.